The molecule has 12 nitrogen and oxygen atoms in total. The molecule has 5 heterocycles. The molecule has 0 aromatic carbocycles. The molecular weight excluding hydrogens is 540 g/mol. The largest absolute Gasteiger partial charge is 0.477 e. The van der Waals surface area contributed by atoms with E-state index in [-0.39, 0.29) is 28.2 Å². The molecule has 0 spiro atoms. The van der Waals surface area contributed by atoms with Gasteiger partial charge in [-0.2, -0.15) is 0 Å². The zero-order valence-corrected chi connectivity index (χ0v) is 21.4. The summed E-state index contributed by atoms with van der Waals surface area (Å²) in [4.78, 5) is 56.9. The molecule has 0 bridgehead atoms. The lowest BCUT2D eigenvalue weighted by atomic mass is 9.94. The van der Waals surface area contributed by atoms with Crippen LogP contribution in [0.4, 0.5) is 5.13 Å². The zero-order chi connectivity index (χ0) is 26.3. The van der Waals surface area contributed by atoms with Gasteiger partial charge in [0.2, 0.25) is 5.91 Å². The maximum absolute atomic E-state index is 13.1. The van der Waals surface area contributed by atoms with Gasteiger partial charge in [0.15, 0.2) is 10.8 Å². The molecule has 1 aromatic rings. The Labute approximate surface area is 222 Å². The smallest absolute Gasteiger partial charge is 0.352 e. The molecule has 0 radical (unpaired) electrons. The van der Waals surface area contributed by atoms with Crippen LogP contribution in [0.2, 0.25) is 0 Å². The van der Waals surface area contributed by atoms with Gasteiger partial charge in [0.05, 0.1) is 0 Å². The molecular formula is C22H20N6O6S3. The number of carboxylic acid groups (broad SMARTS) is 1. The van der Waals surface area contributed by atoms with Crippen molar-refractivity contribution < 1.29 is 29.5 Å². The van der Waals surface area contributed by atoms with Crippen molar-refractivity contribution in [2.75, 3.05) is 18.0 Å². The Hall–Kier alpha value is -3.56. The van der Waals surface area contributed by atoms with Crippen LogP contribution in [0, 0.1) is 0 Å². The number of nitrogen functional groups attached to an aromatic ring is 1. The van der Waals surface area contributed by atoms with Gasteiger partial charge in [0.25, 0.3) is 11.8 Å². The number of β-lactam (4-membered cyclic amide) rings is 1. The van der Waals surface area contributed by atoms with Crippen molar-refractivity contribution in [3.05, 3.63) is 56.0 Å². The third kappa shape index (κ3) is 4.53. The number of fused-ring (bicyclic) bond motifs is 1. The van der Waals surface area contributed by atoms with Crippen LogP contribution in [-0.4, -0.2) is 73.3 Å². The first kappa shape index (κ1) is 25.1. The Morgan fingerprint density at radius 3 is 2.76 bits per heavy atom. The predicted molar refractivity (Wildman–Crippen MR) is 139 cm³/mol. The van der Waals surface area contributed by atoms with E-state index in [1.807, 2.05) is 17.6 Å². The first-order valence-corrected chi connectivity index (χ1v) is 13.8. The summed E-state index contributed by atoms with van der Waals surface area (Å²) >= 11 is 3.83. The van der Waals surface area contributed by atoms with Gasteiger partial charge < -0.3 is 26.7 Å². The zero-order valence-electron chi connectivity index (χ0n) is 19.0. The van der Waals surface area contributed by atoms with E-state index in [0.717, 1.165) is 21.1 Å². The fourth-order valence-electron chi connectivity index (χ4n) is 4.38. The number of hydrogen-bond acceptors (Lipinski definition) is 11. The van der Waals surface area contributed by atoms with Crippen LogP contribution >= 0.6 is 34.9 Å². The van der Waals surface area contributed by atoms with Gasteiger partial charge in [-0.25, -0.2) is 9.78 Å². The first-order valence-electron chi connectivity index (χ1n) is 11.0. The van der Waals surface area contributed by atoms with Gasteiger partial charge >= 0.3 is 5.97 Å². The molecule has 6 N–H and O–H groups in total. The normalized spacial score (nSPS) is 25.8. The molecule has 0 aliphatic carbocycles. The molecule has 2 saturated heterocycles. The van der Waals surface area contributed by atoms with Crippen molar-refractivity contribution in [1.82, 2.24) is 20.5 Å². The molecule has 0 unspecified atom stereocenters. The maximum atomic E-state index is 13.1. The van der Waals surface area contributed by atoms with Crippen molar-refractivity contribution in [3.63, 3.8) is 0 Å². The topological polar surface area (TPSA) is 187 Å². The highest BCUT2D eigenvalue weighted by molar-refractivity contribution is 8.06. The number of anilines is 1. The van der Waals surface area contributed by atoms with Gasteiger partial charge in [0.1, 0.15) is 22.8 Å². The van der Waals surface area contributed by atoms with E-state index < -0.39 is 34.9 Å². The van der Waals surface area contributed by atoms with Gasteiger partial charge in [-0.1, -0.05) is 11.2 Å². The summed E-state index contributed by atoms with van der Waals surface area (Å²) < 4.78 is 0. The lowest BCUT2D eigenvalue weighted by Gasteiger charge is -2.49. The number of allylic oxidation sites excluding steroid dienone is 4. The molecule has 2 atom stereocenters. The third-order valence-electron chi connectivity index (χ3n) is 6.06. The number of carbonyl (C=O) groups excluding carboxylic acids is 3. The number of thiazole rings is 1. The molecule has 2 fully saturated rings. The number of nitrogens with two attached hydrogens (primary N) is 1. The summed E-state index contributed by atoms with van der Waals surface area (Å²) in [5.74, 6) is -2.83. The maximum Gasteiger partial charge on any atom is 0.352 e. The number of aromatic nitrogens is 1. The highest BCUT2D eigenvalue weighted by Crippen LogP contribution is 2.44. The number of carbonyl (C=O) groups is 4. The summed E-state index contributed by atoms with van der Waals surface area (Å²) in [6, 6.07) is -1.04. The number of aliphatic carboxylic acids is 1. The van der Waals surface area contributed by atoms with Crippen molar-refractivity contribution in [1.29, 1.82) is 0 Å². The standard InChI is InChI=1S/C22H20N6O6S3/c23-22-25-13(8-37-22)14(27-34)18(30)26-15-19(31)28-16(21(32)33)12(7-36-20(15)28)11(6-9-2-1-5-35-9)10-3-4-24-17(10)29/h1,5-6,8,15,20,34H,2-4,7H2,(H2,23,25)(H,24,29)(H,26,30)(H,32,33)/t15-,20-/m1/s1. The number of amides is 3. The highest BCUT2D eigenvalue weighted by atomic mass is 32.2. The summed E-state index contributed by atoms with van der Waals surface area (Å²) in [6.07, 6.45) is 4.92. The van der Waals surface area contributed by atoms with E-state index in [1.165, 1.54) is 28.9 Å². The van der Waals surface area contributed by atoms with Crippen LogP contribution < -0.4 is 16.4 Å². The lowest BCUT2D eigenvalue weighted by Crippen LogP contribution is -2.71. The molecule has 5 rings (SSSR count). The molecule has 4 aliphatic heterocycles. The molecule has 37 heavy (non-hydrogen) atoms. The van der Waals surface area contributed by atoms with Gasteiger partial charge in [-0.05, 0) is 34.8 Å². The van der Waals surface area contributed by atoms with Crippen LogP contribution in [0.25, 0.3) is 0 Å². The molecule has 1 aromatic heterocycles. The van der Waals surface area contributed by atoms with Crippen molar-refractivity contribution in [2.24, 2.45) is 5.16 Å². The lowest BCUT2D eigenvalue weighted by molar-refractivity contribution is -0.150. The van der Waals surface area contributed by atoms with Crippen molar-refractivity contribution in [2.45, 2.75) is 24.3 Å². The number of rotatable bonds is 6. The van der Waals surface area contributed by atoms with E-state index in [0.29, 0.717) is 36.1 Å². The minimum absolute atomic E-state index is 0.0502. The Kier molecular flexibility index (Phi) is 6.83. The van der Waals surface area contributed by atoms with E-state index in [9.17, 15) is 29.5 Å². The minimum atomic E-state index is -1.30. The molecule has 3 amide bonds. The first-order chi connectivity index (χ1) is 17.8. The number of hydrogen-bond donors (Lipinski definition) is 5. The summed E-state index contributed by atoms with van der Waals surface area (Å²) in [7, 11) is 0. The van der Waals surface area contributed by atoms with Gasteiger partial charge in [-0.3, -0.25) is 19.3 Å². The number of nitrogens with zero attached hydrogens (tertiary/aromatic N) is 3. The van der Waals surface area contributed by atoms with Crippen molar-refractivity contribution in [3.8, 4) is 0 Å². The minimum Gasteiger partial charge on any atom is -0.477 e. The van der Waals surface area contributed by atoms with E-state index in [2.05, 4.69) is 20.8 Å². The fraction of sp³-hybridized carbons (Fsp3) is 0.273. The second-order valence-corrected chi connectivity index (χ2v) is 11.2. The second-order valence-electron chi connectivity index (χ2n) is 8.22. The van der Waals surface area contributed by atoms with Gasteiger partial charge in [-0.15, -0.1) is 34.9 Å². The van der Waals surface area contributed by atoms with Crippen LogP contribution in [0.1, 0.15) is 18.5 Å². The Morgan fingerprint density at radius 1 is 1.35 bits per heavy atom. The highest BCUT2D eigenvalue weighted by Gasteiger charge is 2.55. The number of carboxylic acids is 1. The van der Waals surface area contributed by atoms with Crippen LogP contribution in [0.15, 0.2) is 55.4 Å². The van der Waals surface area contributed by atoms with Gasteiger partial charge in [0, 0.05) is 28.8 Å². The molecule has 4 aliphatic rings. The summed E-state index contributed by atoms with van der Waals surface area (Å²) in [5, 5.41) is 30.6. The SMILES string of the molecule is Nc1nc(C(=NO)C(=O)N[C@@H]2C(=O)N3C(C(=O)O)=C(C(C=C4CC=CS4)=C4CCNC4=O)CS[C@H]23)cs1. The van der Waals surface area contributed by atoms with Crippen LogP contribution in [0.3, 0.4) is 0 Å². The molecule has 0 saturated carbocycles. The summed E-state index contributed by atoms with van der Waals surface area (Å²) in [5.41, 5.74) is 6.39. The Bertz CT molecular complexity index is 1370. The number of thioether (sulfide) groups is 2. The van der Waals surface area contributed by atoms with E-state index in [1.54, 1.807) is 0 Å². The molecule has 15 heteroatoms. The predicted octanol–water partition coefficient (Wildman–Crippen LogP) is 0.993. The monoisotopic (exact) mass is 560 g/mol. The second kappa shape index (κ2) is 10.1. The fourth-order valence-corrected chi connectivity index (χ4v) is 7.04. The van der Waals surface area contributed by atoms with E-state index >= 15 is 0 Å². The summed E-state index contributed by atoms with van der Waals surface area (Å²) in [6.45, 7) is 0.452. The van der Waals surface area contributed by atoms with Crippen LogP contribution in [-0.2, 0) is 19.2 Å². The third-order valence-corrected chi connectivity index (χ3v) is 8.93. The quantitative estimate of drug-likeness (QED) is 0.110. The van der Waals surface area contributed by atoms with Crippen molar-refractivity contribution >= 4 is 69.4 Å². The number of nitrogens with one attached hydrogen (secondary N) is 2. The average molecular weight is 561 g/mol. The van der Waals surface area contributed by atoms with E-state index in [4.69, 9.17) is 5.73 Å². The number of oxime groups is 1. The average Bonchev–Trinajstić information content (AvgIpc) is 3.64. The Balaban J connectivity index is 1.45. The molecule has 192 valence electrons. The van der Waals surface area contributed by atoms with Crippen LogP contribution in [0.5, 0.6) is 0 Å². The Morgan fingerprint density at radius 2 is 2.16 bits per heavy atom.